The van der Waals surface area contributed by atoms with E-state index in [1.54, 1.807) is 12.3 Å². The van der Waals surface area contributed by atoms with Gasteiger partial charge in [-0.2, -0.15) is 0 Å². The fourth-order valence-corrected chi connectivity index (χ4v) is 2.80. The summed E-state index contributed by atoms with van der Waals surface area (Å²) in [5, 5.41) is 3.46. The van der Waals surface area contributed by atoms with E-state index in [-0.39, 0.29) is 5.82 Å². The molecule has 1 fully saturated rings. The van der Waals surface area contributed by atoms with Crippen molar-refractivity contribution in [1.82, 2.24) is 15.2 Å². The number of halogens is 1. The SMILES string of the molecule is CCCN(Cc1cncc(F)c1)CC1CCCNC1. The lowest BCUT2D eigenvalue weighted by molar-refractivity contribution is 0.201. The van der Waals surface area contributed by atoms with E-state index < -0.39 is 0 Å². The first kappa shape index (κ1) is 14.4. The minimum absolute atomic E-state index is 0.242. The number of hydrogen-bond acceptors (Lipinski definition) is 3. The highest BCUT2D eigenvalue weighted by Gasteiger charge is 2.17. The molecule has 0 amide bonds. The van der Waals surface area contributed by atoms with Crippen LogP contribution in [-0.4, -0.2) is 36.1 Å². The Morgan fingerprint density at radius 1 is 1.47 bits per heavy atom. The van der Waals surface area contributed by atoms with Gasteiger partial charge in [-0.25, -0.2) is 4.39 Å². The maximum Gasteiger partial charge on any atom is 0.141 e. The second kappa shape index (κ2) is 7.56. The minimum atomic E-state index is -0.242. The van der Waals surface area contributed by atoms with E-state index >= 15 is 0 Å². The molecule has 106 valence electrons. The van der Waals surface area contributed by atoms with Crippen molar-refractivity contribution < 1.29 is 4.39 Å². The molecule has 1 aliphatic rings. The Bertz CT molecular complexity index is 377. The molecule has 2 heterocycles. The Morgan fingerprint density at radius 2 is 2.37 bits per heavy atom. The number of hydrogen-bond donors (Lipinski definition) is 1. The first-order valence-electron chi connectivity index (χ1n) is 7.30. The van der Waals surface area contributed by atoms with Crippen LogP contribution in [0.15, 0.2) is 18.5 Å². The Balaban J connectivity index is 1.91. The number of nitrogens with one attached hydrogen (secondary N) is 1. The fourth-order valence-electron chi connectivity index (χ4n) is 2.80. The molecule has 0 spiro atoms. The average molecular weight is 265 g/mol. The summed E-state index contributed by atoms with van der Waals surface area (Å²) >= 11 is 0. The van der Waals surface area contributed by atoms with Gasteiger partial charge in [-0.3, -0.25) is 9.88 Å². The van der Waals surface area contributed by atoms with Crippen molar-refractivity contribution in [2.24, 2.45) is 5.92 Å². The Labute approximate surface area is 115 Å². The van der Waals surface area contributed by atoms with Crippen molar-refractivity contribution in [3.8, 4) is 0 Å². The van der Waals surface area contributed by atoms with Crippen molar-refractivity contribution in [2.45, 2.75) is 32.7 Å². The number of aromatic nitrogens is 1. The van der Waals surface area contributed by atoms with Gasteiger partial charge in [0.05, 0.1) is 6.20 Å². The third kappa shape index (κ3) is 4.88. The van der Waals surface area contributed by atoms with Crippen LogP contribution >= 0.6 is 0 Å². The van der Waals surface area contributed by atoms with E-state index in [9.17, 15) is 4.39 Å². The quantitative estimate of drug-likeness (QED) is 0.856. The van der Waals surface area contributed by atoms with Gasteiger partial charge in [0.1, 0.15) is 5.82 Å². The summed E-state index contributed by atoms with van der Waals surface area (Å²) in [6.45, 7) is 7.41. The van der Waals surface area contributed by atoms with Crippen molar-refractivity contribution in [3.63, 3.8) is 0 Å². The molecule has 1 saturated heterocycles. The Kier molecular flexibility index (Phi) is 5.73. The van der Waals surface area contributed by atoms with Crippen molar-refractivity contribution >= 4 is 0 Å². The van der Waals surface area contributed by atoms with Gasteiger partial charge in [0.15, 0.2) is 0 Å². The largest absolute Gasteiger partial charge is 0.316 e. The monoisotopic (exact) mass is 265 g/mol. The van der Waals surface area contributed by atoms with Crippen LogP contribution in [0.2, 0.25) is 0 Å². The first-order valence-corrected chi connectivity index (χ1v) is 7.30. The van der Waals surface area contributed by atoms with E-state index in [1.165, 1.54) is 19.0 Å². The lowest BCUT2D eigenvalue weighted by Crippen LogP contribution is -2.38. The molecule has 1 N–H and O–H groups in total. The summed E-state index contributed by atoms with van der Waals surface area (Å²) in [6.07, 6.45) is 6.73. The van der Waals surface area contributed by atoms with Crippen molar-refractivity contribution in [3.05, 3.63) is 29.8 Å². The van der Waals surface area contributed by atoms with Crippen LogP contribution < -0.4 is 5.32 Å². The molecular formula is C15H24FN3. The minimum Gasteiger partial charge on any atom is -0.316 e. The van der Waals surface area contributed by atoms with Gasteiger partial charge in [-0.1, -0.05) is 6.92 Å². The van der Waals surface area contributed by atoms with Gasteiger partial charge >= 0.3 is 0 Å². The van der Waals surface area contributed by atoms with Crippen LogP contribution in [0, 0.1) is 11.7 Å². The molecule has 0 aromatic carbocycles. The van der Waals surface area contributed by atoms with E-state index in [0.717, 1.165) is 50.6 Å². The highest BCUT2D eigenvalue weighted by molar-refractivity contribution is 5.09. The van der Waals surface area contributed by atoms with Gasteiger partial charge in [0.25, 0.3) is 0 Å². The normalized spacial score (nSPS) is 19.8. The molecule has 0 bridgehead atoms. The van der Waals surface area contributed by atoms with Gasteiger partial charge in [0, 0.05) is 19.3 Å². The molecule has 0 aliphatic carbocycles. The Morgan fingerprint density at radius 3 is 3.05 bits per heavy atom. The van der Waals surface area contributed by atoms with Gasteiger partial charge in [-0.05, 0) is 56.4 Å². The zero-order chi connectivity index (χ0) is 13.5. The van der Waals surface area contributed by atoms with Crippen LogP contribution in [0.1, 0.15) is 31.7 Å². The smallest absolute Gasteiger partial charge is 0.141 e. The molecule has 0 radical (unpaired) electrons. The van der Waals surface area contributed by atoms with Crippen LogP contribution in [0.5, 0.6) is 0 Å². The molecule has 1 aliphatic heterocycles. The van der Waals surface area contributed by atoms with Crippen LogP contribution in [0.25, 0.3) is 0 Å². The summed E-state index contributed by atoms with van der Waals surface area (Å²) in [5.41, 5.74) is 0.970. The molecular weight excluding hydrogens is 241 g/mol. The van der Waals surface area contributed by atoms with Crippen LogP contribution in [0.4, 0.5) is 4.39 Å². The third-order valence-electron chi connectivity index (χ3n) is 3.62. The number of pyridine rings is 1. The molecule has 1 aromatic rings. The third-order valence-corrected chi connectivity index (χ3v) is 3.62. The predicted molar refractivity (Wildman–Crippen MR) is 75.4 cm³/mol. The van der Waals surface area contributed by atoms with Gasteiger partial charge in [-0.15, -0.1) is 0 Å². The first-order chi connectivity index (χ1) is 9.28. The maximum atomic E-state index is 13.2. The molecule has 4 heteroatoms. The maximum absolute atomic E-state index is 13.2. The van der Waals surface area contributed by atoms with E-state index in [0.29, 0.717) is 0 Å². The lowest BCUT2D eigenvalue weighted by Gasteiger charge is -2.30. The summed E-state index contributed by atoms with van der Waals surface area (Å²) in [6, 6.07) is 1.59. The van der Waals surface area contributed by atoms with Gasteiger partial charge < -0.3 is 5.32 Å². The highest BCUT2D eigenvalue weighted by atomic mass is 19.1. The zero-order valence-electron chi connectivity index (χ0n) is 11.7. The standard InChI is InChI=1S/C15H24FN3/c1-2-6-19(11-13-4-3-5-17-8-13)12-14-7-15(16)10-18-9-14/h7,9-10,13,17H,2-6,8,11-12H2,1H3. The molecule has 1 atom stereocenters. The molecule has 2 rings (SSSR count). The molecule has 1 aromatic heterocycles. The zero-order valence-corrected chi connectivity index (χ0v) is 11.7. The summed E-state index contributed by atoms with van der Waals surface area (Å²) < 4.78 is 13.2. The molecule has 0 saturated carbocycles. The summed E-state index contributed by atoms with van der Waals surface area (Å²) in [4.78, 5) is 6.35. The van der Waals surface area contributed by atoms with E-state index in [1.807, 2.05) is 0 Å². The average Bonchev–Trinajstić information content (AvgIpc) is 2.40. The molecule has 3 nitrogen and oxygen atoms in total. The van der Waals surface area contributed by atoms with Crippen molar-refractivity contribution in [1.29, 1.82) is 0 Å². The topological polar surface area (TPSA) is 28.2 Å². The number of nitrogens with zero attached hydrogens (tertiary/aromatic N) is 2. The summed E-state index contributed by atoms with van der Waals surface area (Å²) in [5.74, 6) is 0.482. The number of rotatable bonds is 6. The highest BCUT2D eigenvalue weighted by Crippen LogP contribution is 2.14. The second-order valence-corrected chi connectivity index (χ2v) is 5.46. The molecule has 19 heavy (non-hydrogen) atoms. The van der Waals surface area contributed by atoms with Crippen LogP contribution in [-0.2, 0) is 6.54 Å². The van der Waals surface area contributed by atoms with E-state index in [4.69, 9.17) is 0 Å². The summed E-state index contributed by atoms with van der Waals surface area (Å²) in [7, 11) is 0. The molecule has 1 unspecified atom stereocenters. The Hall–Kier alpha value is -1.00. The fraction of sp³-hybridized carbons (Fsp3) is 0.667. The number of piperidine rings is 1. The predicted octanol–water partition coefficient (Wildman–Crippen LogP) is 2.43. The lowest BCUT2D eigenvalue weighted by atomic mass is 9.99. The second-order valence-electron chi connectivity index (χ2n) is 5.46. The van der Waals surface area contributed by atoms with E-state index in [2.05, 4.69) is 22.1 Å². The van der Waals surface area contributed by atoms with Crippen molar-refractivity contribution in [2.75, 3.05) is 26.2 Å². The van der Waals surface area contributed by atoms with Gasteiger partial charge in [0.2, 0.25) is 0 Å². The van der Waals surface area contributed by atoms with Crippen LogP contribution in [0.3, 0.4) is 0 Å².